The van der Waals surface area contributed by atoms with E-state index in [0.29, 0.717) is 5.75 Å². The lowest BCUT2D eigenvalue weighted by Gasteiger charge is -2.24. The molecule has 2 aliphatic heterocycles. The van der Waals surface area contributed by atoms with Crippen LogP contribution in [-0.2, 0) is 10.0 Å². The fourth-order valence-electron chi connectivity index (χ4n) is 2.18. The average Bonchev–Trinajstić information content (AvgIpc) is 2.36. The lowest BCUT2D eigenvalue weighted by atomic mass is 9.98. The van der Waals surface area contributed by atoms with E-state index in [1.165, 1.54) is 0 Å². The number of hydrogen-bond acceptors (Lipinski definition) is 2. The highest BCUT2D eigenvalue weighted by molar-refractivity contribution is 7.89. The van der Waals surface area contributed by atoms with Gasteiger partial charge in [-0.2, -0.15) is 4.31 Å². The Labute approximate surface area is 67.4 Å². The Balaban J connectivity index is 2.41. The molecular formula is C7H13NO2S. The van der Waals surface area contributed by atoms with E-state index in [1.807, 2.05) is 0 Å². The zero-order valence-electron chi connectivity index (χ0n) is 6.71. The summed E-state index contributed by atoms with van der Waals surface area (Å²) in [4.78, 5) is 0. The molecule has 2 fully saturated rings. The van der Waals surface area contributed by atoms with Gasteiger partial charge in [-0.1, -0.05) is 0 Å². The van der Waals surface area contributed by atoms with Crippen LogP contribution in [0.2, 0.25) is 0 Å². The molecule has 3 nitrogen and oxygen atoms in total. The number of rotatable bonds is 0. The molecule has 11 heavy (non-hydrogen) atoms. The highest BCUT2D eigenvalue weighted by Gasteiger charge is 2.48. The van der Waals surface area contributed by atoms with Crippen LogP contribution in [0.4, 0.5) is 0 Å². The Bertz CT molecular complexity index is 272. The van der Waals surface area contributed by atoms with Gasteiger partial charge in [0.2, 0.25) is 10.0 Å². The summed E-state index contributed by atoms with van der Waals surface area (Å²) in [5, 5.41) is 0. The number of sulfonamides is 1. The van der Waals surface area contributed by atoms with E-state index in [2.05, 4.69) is 6.92 Å². The molecule has 2 saturated heterocycles. The van der Waals surface area contributed by atoms with Gasteiger partial charge in [0.25, 0.3) is 0 Å². The van der Waals surface area contributed by atoms with Gasteiger partial charge in [0.1, 0.15) is 0 Å². The normalized spacial score (nSPS) is 42.6. The predicted molar refractivity (Wildman–Crippen MR) is 42.7 cm³/mol. The van der Waals surface area contributed by atoms with Crippen molar-refractivity contribution in [1.29, 1.82) is 0 Å². The number of hydrogen-bond donors (Lipinski definition) is 0. The first kappa shape index (κ1) is 7.55. The molecule has 4 heteroatoms. The van der Waals surface area contributed by atoms with Crippen LogP contribution in [-0.4, -0.2) is 30.6 Å². The third kappa shape index (κ3) is 0.924. The van der Waals surface area contributed by atoms with Gasteiger partial charge in [-0.3, -0.25) is 0 Å². The average molecular weight is 175 g/mol. The molecule has 2 heterocycles. The zero-order valence-corrected chi connectivity index (χ0v) is 7.52. The van der Waals surface area contributed by atoms with E-state index in [0.717, 1.165) is 25.8 Å². The van der Waals surface area contributed by atoms with Crippen molar-refractivity contribution in [2.45, 2.75) is 31.7 Å². The van der Waals surface area contributed by atoms with Crippen molar-refractivity contribution in [2.75, 3.05) is 12.3 Å². The molecule has 0 aromatic heterocycles. The van der Waals surface area contributed by atoms with Crippen molar-refractivity contribution in [1.82, 2.24) is 4.31 Å². The highest BCUT2D eigenvalue weighted by Crippen LogP contribution is 2.40. The molecule has 0 N–H and O–H groups in total. The molecule has 0 bridgehead atoms. The first-order valence-corrected chi connectivity index (χ1v) is 5.66. The van der Waals surface area contributed by atoms with Crippen molar-refractivity contribution < 1.29 is 8.42 Å². The second-order valence-corrected chi connectivity index (χ2v) is 5.75. The van der Waals surface area contributed by atoms with Gasteiger partial charge in [0.15, 0.2) is 0 Å². The molecule has 1 unspecified atom stereocenters. The molecule has 0 aromatic rings. The Morgan fingerprint density at radius 2 is 2.09 bits per heavy atom. The SMILES string of the molecule is CC12CCCN1S(=O)(=O)CC2. The van der Waals surface area contributed by atoms with E-state index in [1.54, 1.807) is 4.31 Å². The Kier molecular flexibility index (Phi) is 1.36. The molecule has 0 aliphatic carbocycles. The van der Waals surface area contributed by atoms with Crippen LogP contribution in [0.3, 0.4) is 0 Å². The molecular weight excluding hydrogens is 162 g/mol. The van der Waals surface area contributed by atoms with Crippen LogP contribution in [0.1, 0.15) is 26.2 Å². The maximum atomic E-state index is 11.4. The Morgan fingerprint density at radius 1 is 1.36 bits per heavy atom. The van der Waals surface area contributed by atoms with Crippen LogP contribution < -0.4 is 0 Å². The van der Waals surface area contributed by atoms with E-state index in [-0.39, 0.29) is 5.54 Å². The van der Waals surface area contributed by atoms with Crippen molar-refractivity contribution in [3.63, 3.8) is 0 Å². The van der Waals surface area contributed by atoms with Crippen molar-refractivity contribution in [3.05, 3.63) is 0 Å². The monoisotopic (exact) mass is 175 g/mol. The highest BCUT2D eigenvalue weighted by atomic mass is 32.2. The lowest BCUT2D eigenvalue weighted by Crippen LogP contribution is -2.37. The van der Waals surface area contributed by atoms with E-state index in [9.17, 15) is 8.42 Å². The first-order valence-electron chi connectivity index (χ1n) is 4.05. The quantitative estimate of drug-likeness (QED) is 0.540. The Morgan fingerprint density at radius 3 is 2.73 bits per heavy atom. The molecule has 2 aliphatic rings. The maximum Gasteiger partial charge on any atom is 0.214 e. The summed E-state index contributed by atoms with van der Waals surface area (Å²) in [7, 11) is -2.85. The van der Waals surface area contributed by atoms with E-state index < -0.39 is 10.0 Å². The van der Waals surface area contributed by atoms with Crippen LogP contribution >= 0.6 is 0 Å². The number of nitrogens with zero attached hydrogens (tertiary/aromatic N) is 1. The van der Waals surface area contributed by atoms with Crippen LogP contribution in [0.5, 0.6) is 0 Å². The minimum Gasteiger partial charge on any atom is -0.212 e. The second kappa shape index (κ2) is 1.98. The summed E-state index contributed by atoms with van der Waals surface area (Å²) >= 11 is 0. The molecule has 1 atom stereocenters. The molecule has 0 spiro atoms. The first-order chi connectivity index (χ1) is 5.05. The minimum absolute atomic E-state index is 0.0150. The third-order valence-electron chi connectivity index (χ3n) is 2.91. The van der Waals surface area contributed by atoms with Crippen molar-refractivity contribution >= 4 is 10.0 Å². The summed E-state index contributed by atoms with van der Waals surface area (Å²) in [5.74, 6) is 0.365. The van der Waals surface area contributed by atoms with Gasteiger partial charge in [-0.05, 0) is 26.2 Å². The van der Waals surface area contributed by atoms with Crippen molar-refractivity contribution in [3.8, 4) is 0 Å². The summed E-state index contributed by atoms with van der Waals surface area (Å²) in [5.41, 5.74) is -0.0150. The lowest BCUT2D eigenvalue weighted by molar-refractivity contribution is 0.289. The maximum absolute atomic E-state index is 11.4. The van der Waals surface area contributed by atoms with Crippen molar-refractivity contribution in [2.24, 2.45) is 0 Å². The summed E-state index contributed by atoms with van der Waals surface area (Å²) in [6.45, 7) is 2.81. The molecule has 64 valence electrons. The standard InChI is InChI=1S/C7H13NO2S/c1-7-3-2-5-8(7)11(9,10)6-4-7/h2-6H2,1H3. The molecule has 2 rings (SSSR count). The predicted octanol–water partition coefficient (Wildman–Crippen LogP) is 0.574. The Hall–Kier alpha value is -0.0900. The van der Waals surface area contributed by atoms with Crippen LogP contribution in [0, 0.1) is 0 Å². The summed E-state index contributed by atoms with van der Waals surface area (Å²) in [6.07, 6.45) is 2.91. The van der Waals surface area contributed by atoms with Gasteiger partial charge in [0.05, 0.1) is 5.75 Å². The van der Waals surface area contributed by atoms with Crippen LogP contribution in [0.25, 0.3) is 0 Å². The van der Waals surface area contributed by atoms with E-state index in [4.69, 9.17) is 0 Å². The fraction of sp³-hybridized carbons (Fsp3) is 1.00. The second-order valence-electron chi connectivity index (χ2n) is 3.74. The minimum atomic E-state index is -2.85. The molecule has 0 amide bonds. The largest absolute Gasteiger partial charge is 0.214 e. The van der Waals surface area contributed by atoms with Gasteiger partial charge in [-0.25, -0.2) is 8.42 Å². The zero-order chi connectivity index (χ0) is 8.11. The van der Waals surface area contributed by atoms with Gasteiger partial charge >= 0.3 is 0 Å². The topological polar surface area (TPSA) is 37.4 Å². The molecule has 0 aromatic carbocycles. The van der Waals surface area contributed by atoms with Gasteiger partial charge in [0, 0.05) is 12.1 Å². The van der Waals surface area contributed by atoms with E-state index >= 15 is 0 Å². The molecule has 0 saturated carbocycles. The smallest absolute Gasteiger partial charge is 0.212 e. The van der Waals surface area contributed by atoms with Gasteiger partial charge < -0.3 is 0 Å². The summed E-state index contributed by atoms with van der Waals surface area (Å²) < 4.78 is 24.4. The number of fused-ring (bicyclic) bond motifs is 1. The third-order valence-corrected chi connectivity index (χ3v) is 4.93. The van der Waals surface area contributed by atoms with Gasteiger partial charge in [-0.15, -0.1) is 0 Å². The summed E-state index contributed by atoms with van der Waals surface area (Å²) in [6, 6.07) is 0. The van der Waals surface area contributed by atoms with Crippen LogP contribution in [0.15, 0.2) is 0 Å². The fourth-order valence-corrected chi connectivity index (χ4v) is 4.36. The molecule has 0 radical (unpaired) electrons.